The zero-order chi connectivity index (χ0) is 7.28. The van der Waals surface area contributed by atoms with E-state index in [1.807, 2.05) is 0 Å². The Labute approximate surface area is 52.0 Å². The zero-order valence-corrected chi connectivity index (χ0v) is 4.78. The number of amides is 1. The number of hydrogen-bond donors (Lipinski definition) is 3. The summed E-state index contributed by atoms with van der Waals surface area (Å²) in [4.78, 5) is 9.92. The Bertz CT molecular complexity index is 94.6. The molecule has 5 heteroatoms. The Morgan fingerprint density at radius 2 is 2.33 bits per heavy atom. The van der Waals surface area contributed by atoms with Crippen LogP contribution in [0.2, 0.25) is 0 Å². The minimum absolute atomic E-state index is 0.373. The van der Waals surface area contributed by atoms with Crippen molar-refractivity contribution in [2.24, 2.45) is 5.73 Å². The first kappa shape index (κ1) is 8.35. The largest absolute Gasteiger partial charge is 0.391 e. The van der Waals surface area contributed by atoms with Gasteiger partial charge in [0.25, 0.3) is 0 Å². The van der Waals surface area contributed by atoms with E-state index in [0.29, 0.717) is 0 Å². The number of ether oxygens (including phenoxy) is 1. The molecule has 0 rings (SSSR count). The molecular weight excluding hydrogens is 126 g/mol. The van der Waals surface area contributed by atoms with Gasteiger partial charge in [-0.2, -0.15) is 0 Å². The summed E-state index contributed by atoms with van der Waals surface area (Å²) in [6.45, 7) is -0.908. The number of nitrogens with two attached hydrogens (primary N) is 1. The summed E-state index contributed by atoms with van der Waals surface area (Å²) < 4.78 is 4.28. The van der Waals surface area contributed by atoms with Crippen LogP contribution in [0.25, 0.3) is 0 Å². The minimum atomic E-state index is -1.31. The SMILES string of the molecule is NC(=O)COC(O)CO. The molecule has 9 heavy (non-hydrogen) atoms. The quantitative estimate of drug-likeness (QED) is 0.381. The van der Waals surface area contributed by atoms with E-state index in [9.17, 15) is 4.79 Å². The van der Waals surface area contributed by atoms with Crippen LogP contribution < -0.4 is 5.73 Å². The molecule has 0 spiro atoms. The van der Waals surface area contributed by atoms with E-state index in [4.69, 9.17) is 10.2 Å². The van der Waals surface area contributed by atoms with Crippen molar-refractivity contribution in [3.05, 3.63) is 0 Å². The Balaban J connectivity index is 3.16. The Morgan fingerprint density at radius 1 is 1.78 bits per heavy atom. The summed E-state index contributed by atoms with van der Waals surface area (Å²) in [5.74, 6) is -0.678. The molecule has 0 heterocycles. The first-order valence-corrected chi connectivity index (χ1v) is 2.35. The van der Waals surface area contributed by atoms with E-state index in [0.717, 1.165) is 0 Å². The second kappa shape index (κ2) is 4.25. The highest BCUT2D eigenvalue weighted by Gasteiger charge is 2.01. The first-order chi connectivity index (χ1) is 4.16. The number of rotatable bonds is 4. The smallest absolute Gasteiger partial charge is 0.243 e. The molecule has 1 amide bonds. The van der Waals surface area contributed by atoms with Crippen LogP contribution >= 0.6 is 0 Å². The van der Waals surface area contributed by atoms with Crippen LogP contribution in [0.5, 0.6) is 0 Å². The van der Waals surface area contributed by atoms with Crippen molar-refractivity contribution in [2.75, 3.05) is 13.2 Å². The lowest BCUT2D eigenvalue weighted by atomic mass is 10.6. The molecule has 0 aromatic rings. The van der Waals surface area contributed by atoms with Crippen molar-refractivity contribution in [3.63, 3.8) is 0 Å². The van der Waals surface area contributed by atoms with E-state index in [1.54, 1.807) is 0 Å². The highest BCUT2D eigenvalue weighted by Crippen LogP contribution is 1.81. The van der Waals surface area contributed by atoms with Gasteiger partial charge >= 0.3 is 0 Å². The van der Waals surface area contributed by atoms with Crippen LogP contribution in [-0.4, -0.2) is 35.6 Å². The van der Waals surface area contributed by atoms with Gasteiger partial charge in [-0.25, -0.2) is 0 Å². The van der Waals surface area contributed by atoms with Gasteiger partial charge in [-0.05, 0) is 0 Å². The van der Waals surface area contributed by atoms with Crippen LogP contribution in [0.4, 0.5) is 0 Å². The van der Waals surface area contributed by atoms with E-state index < -0.39 is 18.8 Å². The maximum absolute atomic E-state index is 9.92. The molecule has 0 bridgehead atoms. The third kappa shape index (κ3) is 5.22. The molecule has 0 saturated carbocycles. The van der Waals surface area contributed by atoms with E-state index in [1.165, 1.54) is 0 Å². The van der Waals surface area contributed by atoms with Crippen LogP contribution in [0.1, 0.15) is 0 Å². The van der Waals surface area contributed by atoms with E-state index >= 15 is 0 Å². The maximum atomic E-state index is 9.92. The number of carbonyl (C=O) groups excluding carboxylic acids is 1. The minimum Gasteiger partial charge on any atom is -0.391 e. The van der Waals surface area contributed by atoms with Crippen molar-refractivity contribution in [1.29, 1.82) is 0 Å². The summed E-state index contributed by atoms with van der Waals surface area (Å²) in [5.41, 5.74) is 4.64. The molecule has 0 aliphatic carbocycles. The van der Waals surface area contributed by atoms with Crippen molar-refractivity contribution in [3.8, 4) is 0 Å². The molecule has 1 unspecified atom stereocenters. The number of aliphatic hydroxyl groups is 2. The lowest BCUT2D eigenvalue weighted by Crippen LogP contribution is -2.25. The van der Waals surface area contributed by atoms with Gasteiger partial charge in [0, 0.05) is 0 Å². The van der Waals surface area contributed by atoms with Gasteiger partial charge in [-0.3, -0.25) is 4.79 Å². The van der Waals surface area contributed by atoms with Crippen LogP contribution in [0, 0.1) is 0 Å². The predicted octanol–water partition coefficient (Wildman–Crippen LogP) is -2.20. The fraction of sp³-hybridized carbons (Fsp3) is 0.750. The third-order valence-electron chi connectivity index (χ3n) is 0.574. The summed E-state index contributed by atoms with van der Waals surface area (Å²) in [7, 11) is 0. The molecule has 0 aromatic heterocycles. The summed E-state index contributed by atoms with van der Waals surface area (Å²) >= 11 is 0. The lowest BCUT2D eigenvalue weighted by Gasteiger charge is -2.04. The fourth-order valence-corrected chi connectivity index (χ4v) is 0.231. The average molecular weight is 135 g/mol. The Morgan fingerprint density at radius 3 is 2.67 bits per heavy atom. The van der Waals surface area contributed by atoms with Crippen LogP contribution in [0.15, 0.2) is 0 Å². The standard InChI is InChI=1S/C4H9NO4/c5-3(7)2-9-4(8)1-6/h4,6,8H,1-2H2,(H2,5,7). The second-order valence-corrected chi connectivity index (χ2v) is 1.41. The fourth-order valence-electron chi connectivity index (χ4n) is 0.231. The zero-order valence-electron chi connectivity index (χ0n) is 4.78. The first-order valence-electron chi connectivity index (χ1n) is 2.35. The molecule has 0 fully saturated rings. The summed E-state index contributed by atoms with van der Waals surface area (Å²) in [5, 5.41) is 16.5. The molecule has 54 valence electrons. The molecule has 0 saturated heterocycles. The van der Waals surface area contributed by atoms with Gasteiger partial charge in [-0.1, -0.05) is 0 Å². The van der Waals surface area contributed by atoms with Gasteiger partial charge in [0.2, 0.25) is 5.91 Å². The molecule has 0 aliphatic heterocycles. The number of primary amides is 1. The van der Waals surface area contributed by atoms with Crippen molar-refractivity contribution in [1.82, 2.24) is 0 Å². The lowest BCUT2D eigenvalue weighted by molar-refractivity contribution is -0.146. The normalized spacial score (nSPS) is 13.1. The molecule has 0 aromatic carbocycles. The van der Waals surface area contributed by atoms with Crippen LogP contribution in [-0.2, 0) is 9.53 Å². The van der Waals surface area contributed by atoms with Gasteiger partial charge in [0.05, 0.1) is 6.61 Å². The molecule has 4 N–H and O–H groups in total. The molecule has 1 atom stereocenters. The topological polar surface area (TPSA) is 92.8 Å². The van der Waals surface area contributed by atoms with Gasteiger partial charge in [0.1, 0.15) is 6.61 Å². The maximum Gasteiger partial charge on any atom is 0.243 e. The Kier molecular flexibility index (Phi) is 3.94. The van der Waals surface area contributed by atoms with Gasteiger partial charge in [-0.15, -0.1) is 0 Å². The van der Waals surface area contributed by atoms with Gasteiger partial charge in [0.15, 0.2) is 6.29 Å². The van der Waals surface area contributed by atoms with E-state index in [2.05, 4.69) is 10.5 Å². The molecular formula is C4H9NO4. The second-order valence-electron chi connectivity index (χ2n) is 1.41. The van der Waals surface area contributed by atoms with Crippen molar-refractivity contribution < 1.29 is 19.7 Å². The number of carbonyl (C=O) groups is 1. The average Bonchev–Trinajstić information content (AvgIpc) is 1.83. The van der Waals surface area contributed by atoms with Crippen molar-refractivity contribution in [2.45, 2.75) is 6.29 Å². The third-order valence-corrected chi connectivity index (χ3v) is 0.574. The molecule has 5 nitrogen and oxygen atoms in total. The summed E-state index contributed by atoms with van der Waals surface area (Å²) in [6.07, 6.45) is -1.31. The van der Waals surface area contributed by atoms with E-state index in [-0.39, 0.29) is 6.61 Å². The molecule has 0 aliphatic rings. The molecule has 0 radical (unpaired) electrons. The van der Waals surface area contributed by atoms with Crippen LogP contribution in [0.3, 0.4) is 0 Å². The van der Waals surface area contributed by atoms with Gasteiger partial charge < -0.3 is 20.7 Å². The number of aliphatic hydroxyl groups excluding tert-OH is 2. The predicted molar refractivity (Wildman–Crippen MR) is 28.2 cm³/mol. The highest BCUT2D eigenvalue weighted by atomic mass is 16.6. The summed E-state index contributed by atoms with van der Waals surface area (Å²) in [6, 6.07) is 0. The Hall–Kier alpha value is -0.650. The number of hydrogen-bond acceptors (Lipinski definition) is 4. The van der Waals surface area contributed by atoms with Crippen molar-refractivity contribution >= 4 is 5.91 Å². The monoisotopic (exact) mass is 135 g/mol. The highest BCUT2D eigenvalue weighted by molar-refractivity contribution is 5.74.